The van der Waals surface area contributed by atoms with Crippen LogP contribution in [0.15, 0.2) is 17.5 Å². The smallest absolute Gasteiger partial charge is 0.342 e. The lowest BCUT2D eigenvalue weighted by Crippen LogP contribution is -2.06. The number of hydrogen-bond donors (Lipinski definition) is 1. The quantitative estimate of drug-likeness (QED) is 0.852. The van der Waals surface area contributed by atoms with Gasteiger partial charge in [-0.3, -0.25) is 5.10 Å². The minimum atomic E-state index is -0.342. The Balaban J connectivity index is 2.57. The molecule has 0 saturated carbocycles. The van der Waals surface area contributed by atoms with Gasteiger partial charge in [0.25, 0.3) is 0 Å². The standard InChI is InChI=1S/C12H14N2O2S/c1-7(2)10-9(12(15)16-3)11(14-13-10)8-5-4-6-17-8/h4-7H,1-3H3,(H,13,14). The van der Waals surface area contributed by atoms with Crippen LogP contribution < -0.4 is 0 Å². The van der Waals surface area contributed by atoms with Crippen LogP contribution in [0.1, 0.15) is 35.8 Å². The van der Waals surface area contributed by atoms with Crippen molar-refractivity contribution in [2.45, 2.75) is 19.8 Å². The average molecular weight is 250 g/mol. The summed E-state index contributed by atoms with van der Waals surface area (Å²) in [5, 5.41) is 9.13. The Labute approximate surface area is 104 Å². The Hall–Kier alpha value is -1.62. The lowest BCUT2D eigenvalue weighted by atomic mass is 10.0. The van der Waals surface area contributed by atoms with Gasteiger partial charge in [0.15, 0.2) is 0 Å². The maximum atomic E-state index is 11.8. The van der Waals surface area contributed by atoms with Gasteiger partial charge in [-0.25, -0.2) is 4.79 Å². The molecular weight excluding hydrogens is 236 g/mol. The van der Waals surface area contributed by atoms with Gasteiger partial charge < -0.3 is 4.74 Å². The van der Waals surface area contributed by atoms with Crippen LogP contribution >= 0.6 is 11.3 Å². The summed E-state index contributed by atoms with van der Waals surface area (Å²) in [7, 11) is 1.39. The highest BCUT2D eigenvalue weighted by molar-refractivity contribution is 7.13. The molecule has 2 aromatic rings. The van der Waals surface area contributed by atoms with E-state index >= 15 is 0 Å². The number of nitrogens with one attached hydrogen (secondary N) is 1. The molecule has 2 aromatic heterocycles. The number of nitrogens with zero attached hydrogens (tertiary/aromatic N) is 1. The molecule has 5 heteroatoms. The molecule has 0 aliphatic rings. The molecule has 0 fully saturated rings. The number of carbonyl (C=O) groups is 1. The van der Waals surface area contributed by atoms with E-state index in [9.17, 15) is 4.79 Å². The lowest BCUT2D eigenvalue weighted by Gasteiger charge is -2.05. The van der Waals surface area contributed by atoms with Gasteiger partial charge in [-0.15, -0.1) is 11.3 Å². The van der Waals surface area contributed by atoms with Crippen LogP contribution in [-0.4, -0.2) is 23.3 Å². The van der Waals surface area contributed by atoms with Crippen LogP contribution in [0.25, 0.3) is 10.6 Å². The van der Waals surface area contributed by atoms with Gasteiger partial charge in [-0.2, -0.15) is 5.10 Å². The van der Waals surface area contributed by atoms with Gasteiger partial charge in [0.1, 0.15) is 11.3 Å². The minimum Gasteiger partial charge on any atom is -0.465 e. The predicted octanol–water partition coefficient (Wildman–Crippen LogP) is 3.05. The van der Waals surface area contributed by atoms with Gasteiger partial charge in [-0.05, 0) is 17.4 Å². The molecule has 0 aromatic carbocycles. The van der Waals surface area contributed by atoms with Crippen molar-refractivity contribution in [3.05, 3.63) is 28.8 Å². The average Bonchev–Trinajstić information content (AvgIpc) is 2.95. The number of rotatable bonds is 3. The molecular formula is C12H14N2O2S. The van der Waals surface area contributed by atoms with Crippen molar-refractivity contribution in [3.8, 4) is 10.6 Å². The lowest BCUT2D eigenvalue weighted by molar-refractivity contribution is 0.0600. The molecule has 0 aliphatic heterocycles. The SMILES string of the molecule is COC(=O)c1c(-c2cccs2)n[nH]c1C(C)C. The summed E-state index contributed by atoms with van der Waals surface area (Å²) in [5.74, 6) is -0.142. The highest BCUT2D eigenvalue weighted by Crippen LogP contribution is 2.31. The Kier molecular flexibility index (Phi) is 3.28. The van der Waals surface area contributed by atoms with E-state index < -0.39 is 0 Å². The molecule has 2 heterocycles. The first-order chi connectivity index (χ1) is 8.15. The first kappa shape index (κ1) is 11.9. The first-order valence-electron chi connectivity index (χ1n) is 5.35. The molecule has 0 atom stereocenters. The van der Waals surface area contributed by atoms with E-state index in [2.05, 4.69) is 10.2 Å². The first-order valence-corrected chi connectivity index (χ1v) is 6.23. The number of esters is 1. The second-order valence-electron chi connectivity index (χ2n) is 3.98. The largest absolute Gasteiger partial charge is 0.465 e. The van der Waals surface area contributed by atoms with Gasteiger partial charge >= 0.3 is 5.97 Å². The molecule has 0 aliphatic carbocycles. The topological polar surface area (TPSA) is 55.0 Å². The van der Waals surface area contributed by atoms with Gasteiger partial charge in [0.05, 0.1) is 17.7 Å². The van der Waals surface area contributed by atoms with E-state index in [4.69, 9.17) is 4.74 Å². The van der Waals surface area contributed by atoms with Crippen LogP contribution in [0.2, 0.25) is 0 Å². The number of hydrogen-bond acceptors (Lipinski definition) is 4. The Morgan fingerprint density at radius 2 is 2.29 bits per heavy atom. The third-order valence-electron chi connectivity index (χ3n) is 2.52. The van der Waals surface area contributed by atoms with Crippen LogP contribution in [0.5, 0.6) is 0 Å². The highest BCUT2D eigenvalue weighted by Gasteiger charge is 2.24. The fourth-order valence-corrected chi connectivity index (χ4v) is 2.39. The van der Waals surface area contributed by atoms with E-state index in [1.54, 1.807) is 11.3 Å². The second kappa shape index (κ2) is 4.71. The van der Waals surface area contributed by atoms with Gasteiger partial charge in [0.2, 0.25) is 0 Å². The molecule has 2 rings (SSSR count). The van der Waals surface area contributed by atoms with Crippen molar-refractivity contribution >= 4 is 17.3 Å². The van der Waals surface area contributed by atoms with Gasteiger partial charge in [0, 0.05) is 0 Å². The summed E-state index contributed by atoms with van der Waals surface area (Å²) in [4.78, 5) is 12.8. The zero-order valence-electron chi connectivity index (χ0n) is 9.98. The zero-order chi connectivity index (χ0) is 12.4. The number of ether oxygens (including phenoxy) is 1. The molecule has 4 nitrogen and oxygen atoms in total. The molecule has 0 spiro atoms. The van der Waals surface area contributed by atoms with Gasteiger partial charge in [-0.1, -0.05) is 19.9 Å². The number of H-pyrrole nitrogens is 1. The van der Waals surface area contributed by atoms with Crippen LogP contribution in [0, 0.1) is 0 Å². The van der Waals surface area contributed by atoms with Crippen molar-refractivity contribution in [2.75, 3.05) is 7.11 Å². The fraction of sp³-hybridized carbons (Fsp3) is 0.333. The summed E-state index contributed by atoms with van der Waals surface area (Å²) in [6.07, 6.45) is 0. The maximum Gasteiger partial charge on any atom is 0.342 e. The van der Waals surface area contributed by atoms with Crippen LogP contribution in [0.4, 0.5) is 0 Å². The van der Waals surface area contributed by atoms with E-state index in [-0.39, 0.29) is 11.9 Å². The molecule has 0 amide bonds. The summed E-state index contributed by atoms with van der Waals surface area (Å²) in [6.45, 7) is 4.02. The number of aromatic amines is 1. The third-order valence-corrected chi connectivity index (χ3v) is 3.39. The van der Waals surface area contributed by atoms with Crippen molar-refractivity contribution in [3.63, 3.8) is 0 Å². The van der Waals surface area contributed by atoms with E-state index in [1.807, 2.05) is 31.4 Å². The van der Waals surface area contributed by atoms with Crippen molar-refractivity contribution in [1.82, 2.24) is 10.2 Å². The van der Waals surface area contributed by atoms with Crippen LogP contribution in [0.3, 0.4) is 0 Å². The van der Waals surface area contributed by atoms with E-state index in [1.165, 1.54) is 7.11 Å². The van der Waals surface area contributed by atoms with E-state index in [0.29, 0.717) is 11.3 Å². The summed E-state index contributed by atoms with van der Waals surface area (Å²) in [5.41, 5.74) is 2.04. The Morgan fingerprint density at radius 3 is 2.82 bits per heavy atom. The third kappa shape index (κ3) is 2.10. The van der Waals surface area contributed by atoms with Crippen molar-refractivity contribution in [1.29, 1.82) is 0 Å². The zero-order valence-corrected chi connectivity index (χ0v) is 10.8. The highest BCUT2D eigenvalue weighted by atomic mass is 32.1. The summed E-state index contributed by atoms with van der Waals surface area (Å²) in [6, 6.07) is 3.88. The molecule has 0 bridgehead atoms. The number of methoxy groups -OCH3 is 1. The molecule has 1 N–H and O–H groups in total. The maximum absolute atomic E-state index is 11.8. The normalized spacial score (nSPS) is 10.8. The van der Waals surface area contributed by atoms with E-state index in [0.717, 1.165) is 10.6 Å². The molecule has 0 saturated heterocycles. The Bertz CT molecular complexity index is 515. The molecule has 0 unspecified atom stereocenters. The second-order valence-corrected chi connectivity index (χ2v) is 4.93. The number of thiophene rings is 1. The number of carbonyl (C=O) groups excluding carboxylic acids is 1. The summed E-state index contributed by atoms with van der Waals surface area (Å²) >= 11 is 1.55. The fourth-order valence-electron chi connectivity index (χ4n) is 1.67. The number of aromatic nitrogens is 2. The molecule has 0 radical (unpaired) electrons. The van der Waals surface area contributed by atoms with Crippen LogP contribution in [-0.2, 0) is 4.74 Å². The molecule has 17 heavy (non-hydrogen) atoms. The monoisotopic (exact) mass is 250 g/mol. The van der Waals surface area contributed by atoms with Crippen molar-refractivity contribution in [2.24, 2.45) is 0 Å². The summed E-state index contributed by atoms with van der Waals surface area (Å²) < 4.78 is 4.83. The predicted molar refractivity (Wildman–Crippen MR) is 67.3 cm³/mol. The minimum absolute atomic E-state index is 0.199. The molecule has 90 valence electrons. The van der Waals surface area contributed by atoms with Crippen molar-refractivity contribution < 1.29 is 9.53 Å². The Morgan fingerprint density at radius 1 is 1.53 bits per heavy atom.